The van der Waals surface area contributed by atoms with E-state index in [1.54, 1.807) is 0 Å². The summed E-state index contributed by atoms with van der Waals surface area (Å²) in [6, 6.07) is 13.5. The second-order valence-electron chi connectivity index (χ2n) is 41.6. The third-order valence-corrected chi connectivity index (χ3v) is 29.9. The van der Waals surface area contributed by atoms with Crippen molar-refractivity contribution in [1.82, 2.24) is 98.4 Å². The first kappa shape index (κ1) is 110. The lowest BCUT2D eigenvalue weighted by molar-refractivity contribution is 0.0481. The number of piperidine rings is 1. The number of hydrogen-bond donors (Lipinski definition) is 1. The zero-order valence-corrected chi connectivity index (χ0v) is 84.0. The Balaban J connectivity index is 0.000000212. The van der Waals surface area contributed by atoms with Gasteiger partial charge in [0, 0.05) is 338 Å². The van der Waals surface area contributed by atoms with Crippen molar-refractivity contribution < 1.29 is 17.6 Å². The number of fused-ring (bicyclic) bond motifs is 4. The molecule has 2 aliphatic carbocycles. The maximum Gasteiger partial charge on any atom is 0.251 e. The quantitative estimate of drug-likeness (QED) is 0.0875. The molecule has 15 fully saturated rings. The number of likely N-dealkylation sites (N-methyl/N-ethyl adjacent to an activating group) is 1. The van der Waals surface area contributed by atoms with Crippen LogP contribution in [0.15, 0.2) is 0 Å². The van der Waals surface area contributed by atoms with Crippen molar-refractivity contribution in [3.63, 3.8) is 0 Å². The van der Waals surface area contributed by atoms with E-state index in [9.17, 15) is 17.6 Å². The van der Waals surface area contributed by atoms with Gasteiger partial charge >= 0.3 is 0 Å². The van der Waals surface area contributed by atoms with Crippen molar-refractivity contribution in [3.8, 4) is 24.7 Å². The van der Waals surface area contributed by atoms with E-state index >= 15 is 0 Å². The van der Waals surface area contributed by atoms with E-state index in [1.165, 1.54) is 221 Å². The van der Waals surface area contributed by atoms with Crippen molar-refractivity contribution in [2.24, 2.45) is 0 Å². The van der Waals surface area contributed by atoms with E-state index < -0.39 is 12.6 Å². The molecule has 13 heterocycles. The largest absolute Gasteiger partial charge is 0.311 e. The molecule has 13 aliphatic heterocycles. The van der Waals surface area contributed by atoms with Gasteiger partial charge in [0.2, 0.25) is 0 Å². The maximum absolute atomic E-state index is 12.5. The molecule has 0 aromatic carbocycles. The number of likely N-dealkylation sites (tertiary alicyclic amines) is 5. The van der Waals surface area contributed by atoms with Crippen LogP contribution in [0.5, 0.6) is 0 Å². The number of piperazine rings is 9. The fourth-order valence-electron chi connectivity index (χ4n) is 20.3. The van der Waals surface area contributed by atoms with Crippen LogP contribution >= 0.6 is 0 Å². The van der Waals surface area contributed by atoms with E-state index in [4.69, 9.17) is 12.8 Å². The number of rotatable bonds is 21. The monoisotopic (exact) mass is 1740 g/mol. The summed E-state index contributed by atoms with van der Waals surface area (Å²) in [6.07, 6.45) is 22.6. The first-order chi connectivity index (χ1) is 58.6. The summed E-state index contributed by atoms with van der Waals surface area (Å²) < 4.78 is 48.5. The molecule has 0 aromatic heterocycles. The lowest BCUT2D eigenvalue weighted by atomic mass is 9.91. The summed E-state index contributed by atoms with van der Waals surface area (Å²) in [7, 11) is 2.23. The number of terminal acetylenes is 2. The summed E-state index contributed by atoms with van der Waals surface area (Å²) in [6.45, 7) is 93.4. The van der Waals surface area contributed by atoms with Gasteiger partial charge < -0.3 is 15.1 Å². The molecular formula is C99H196F4N20. The van der Waals surface area contributed by atoms with Gasteiger partial charge in [-0.2, -0.15) is 0 Å². The summed E-state index contributed by atoms with van der Waals surface area (Å²) in [5.41, 5.74) is 0. The predicted octanol–water partition coefficient (Wildman–Crippen LogP) is 11.2. The average Bonchev–Trinajstić information content (AvgIpc) is 1.64. The third-order valence-electron chi connectivity index (χ3n) is 29.9. The molecule has 1 N–H and O–H groups in total. The van der Waals surface area contributed by atoms with Crippen LogP contribution in [0.3, 0.4) is 0 Å². The molecule has 6 atom stereocenters. The van der Waals surface area contributed by atoms with Crippen LogP contribution in [0.2, 0.25) is 0 Å². The zero-order valence-electron chi connectivity index (χ0n) is 84.0. The normalized spacial score (nSPS) is 27.4. The Labute approximate surface area is 756 Å². The van der Waals surface area contributed by atoms with E-state index in [0.717, 1.165) is 170 Å². The van der Waals surface area contributed by atoms with Gasteiger partial charge in [0.15, 0.2) is 0 Å². The second kappa shape index (κ2) is 58.8. The van der Waals surface area contributed by atoms with Crippen LogP contribution in [0.4, 0.5) is 17.6 Å². The molecule has 0 spiro atoms. The Hall–Kier alpha value is -1.96. The summed E-state index contributed by atoms with van der Waals surface area (Å²) >= 11 is 0. The number of hydrogen-bond acceptors (Lipinski definition) is 20. The predicted molar refractivity (Wildman–Crippen MR) is 517 cm³/mol. The van der Waals surface area contributed by atoms with E-state index in [-0.39, 0.29) is 13.2 Å². The molecule has 720 valence electrons. The molecular weight excluding hydrogens is 1550 g/mol. The highest BCUT2D eigenvalue weighted by atomic mass is 19.3. The number of nitrogens with zero attached hydrogens (tertiary/aromatic N) is 19. The third kappa shape index (κ3) is 40.2. The van der Waals surface area contributed by atoms with Gasteiger partial charge in [-0.3, -0.25) is 83.3 Å². The number of nitrogens with one attached hydrogen (secondary N) is 1. The highest BCUT2D eigenvalue weighted by Gasteiger charge is 2.44. The minimum atomic E-state index is -2.19. The summed E-state index contributed by atoms with van der Waals surface area (Å²) in [4.78, 5) is 47.0. The van der Waals surface area contributed by atoms with Crippen LogP contribution in [0.1, 0.15) is 223 Å². The molecule has 0 amide bonds. The van der Waals surface area contributed by atoms with Gasteiger partial charge in [0.25, 0.3) is 6.43 Å². The first-order valence-electron chi connectivity index (χ1n) is 50.7. The molecule has 123 heavy (non-hydrogen) atoms. The SMILES string of the molecule is C#CCN1CC2CC1CN2C(C)C.C#CCN1CCN(C(C)C)CC1.CC(C)N1CC2CC1CN2.CC(C)N1CCC(F)C1.CC(C)N1CCC(N2CCN(C)CC2)CC1.CC(C)N1CCN(C2CC2)CC1.CC(C)N1CCN(C2CCC2)CC1.CC(C)N1CCN(CC(F)F)CC1.CC(C)N1CCN(CCF)CC1.CCC(C)N1CCN(C(C)C)CC1. The van der Waals surface area contributed by atoms with Crippen molar-refractivity contribution in [3.05, 3.63) is 0 Å². The molecule has 6 unspecified atom stereocenters. The number of alkyl halides is 4. The average molecular weight is 1740 g/mol. The Kier molecular flexibility index (Phi) is 52.5. The van der Waals surface area contributed by atoms with Crippen LogP contribution in [0.25, 0.3) is 0 Å². The maximum atomic E-state index is 12.5. The molecule has 20 nitrogen and oxygen atoms in total. The molecule has 0 aromatic rings. The van der Waals surface area contributed by atoms with E-state index in [2.05, 4.69) is 265 Å². The Morgan fingerprint density at radius 2 is 0.707 bits per heavy atom. The van der Waals surface area contributed by atoms with Crippen molar-refractivity contribution in [1.29, 1.82) is 0 Å². The highest BCUT2D eigenvalue weighted by molar-refractivity contribution is 5.05. The molecule has 15 aliphatic rings. The zero-order chi connectivity index (χ0) is 90.4. The molecule has 24 heteroatoms. The van der Waals surface area contributed by atoms with Crippen molar-refractivity contribution in [2.45, 2.75) is 344 Å². The Morgan fingerprint density at radius 1 is 0.341 bits per heavy atom. The van der Waals surface area contributed by atoms with Crippen LogP contribution in [-0.4, -0.2) is 490 Å². The van der Waals surface area contributed by atoms with Crippen LogP contribution < -0.4 is 5.32 Å². The van der Waals surface area contributed by atoms with Gasteiger partial charge in [-0.25, -0.2) is 17.6 Å². The van der Waals surface area contributed by atoms with Gasteiger partial charge in [-0.1, -0.05) is 25.2 Å². The fraction of sp³-hybridized carbons (Fsp3) is 0.960. The van der Waals surface area contributed by atoms with Crippen molar-refractivity contribution in [2.75, 3.05) is 276 Å². The lowest BCUT2D eigenvalue weighted by Gasteiger charge is -2.44. The van der Waals surface area contributed by atoms with Crippen LogP contribution in [-0.2, 0) is 0 Å². The first-order valence-corrected chi connectivity index (χ1v) is 50.7. The van der Waals surface area contributed by atoms with Crippen molar-refractivity contribution >= 4 is 0 Å². The summed E-state index contributed by atoms with van der Waals surface area (Å²) in [5.74, 6) is 5.43. The summed E-state index contributed by atoms with van der Waals surface area (Å²) in [5, 5.41) is 3.50. The van der Waals surface area contributed by atoms with Gasteiger partial charge in [0.1, 0.15) is 12.8 Å². The van der Waals surface area contributed by atoms with E-state index in [1.807, 2.05) is 4.90 Å². The molecule has 2 saturated carbocycles. The van der Waals surface area contributed by atoms with Gasteiger partial charge in [-0.15, -0.1) is 12.8 Å². The number of halogens is 4. The van der Waals surface area contributed by atoms with E-state index in [0.29, 0.717) is 43.3 Å². The van der Waals surface area contributed by atoms with Gasteiger partial charge in [0.05, 0.1) is 19.6 Å². The molecule has 4 bridgehead atoms. The Morgan fingerprint density at radius 3 is 1.02 bits per heavy atom. The molecule has 13 saturated heterocycles. The second-order valence-corrected chi connectivity index (χ2v) is 41.6. The molecule has 0 radical (unpaired) electrons. The smallest absolute Gasteiger partial charge is 0.251 e. The molecule has 15 rings (SSSR count). The fourth-order valence-corrected chi connectivity index (χ4v) is 20.3. The van der Waals surface area contributed by atoms with Gasteiger partial charge in [-0.05, 0) is 230 Å². The lowest BCUT2D eigenvalue weighted by Crippen LogP contribution is -2.53. The standard InChI is InChI=1S/C13H27N3.C11H22N2.C11H18N2.C11H24N2.C10H20N2.C10H18N2.C9H18F2N2.C9H19FN2.C8H16N2.C7H14FN/c1-12(2)15-6-4-13(5-7-15)16-10-8-14(3)9-11-16;1-10(2)12-6-8-13(9-7-12)11-4-3-5-11;1-4-5-12-7-11-6-10(12)8-13(11)9(2)3;1-5-11(4)13-8-6-12(7-9-13)10(2)3;1-9(2)11-5-7-12(8-6-11)10-3-4-10;1-4-5-11-6-8-12(9-7-11)10(2)3;1-8(2)13-5-3-12(4-6-13)7-9(10)11;1-9(2)12-7-5-11(4-3-10)6-8-12;1-6(2)10-5-7-3-8(10)4-9-7;1-6(2)9-4-3-7(8)5-9/h12-13H,4-11H2,1-3H3;10-11H,3-9H2,1-2H3;1,9-11H,5-8H2,2-3H3;10-11H,5-9H2,1-4H3;9-10H,3-8H2,1-2H3;1,10H,5-9H2,2-3H3;8-9H,3-7H2,1-2H3;9H,3-8H2,1-2H3;6-9H,3-5H2,1-2H3;6-7H,3-5H2,1-2H3. The highest BCUT2D eigenvalue weighted by Crippen LogP contribution is 2.33. The minimum Gasteiger partial charge on any atom is -0.311 e. The Bertz CT molecular complexity index is 2680. The topological polar surface area (TPSA) is 73.6 Å². The van der Waals surface area contributed by atoms with Crippen LogP contribution in [0, 0.1) is 24.7 Å². The minimum absolute atomic E-state index is 0.0636.